The maximum atomic E-state index is 14.2. The van der Waals surface area contributed by atoms with Crippen LogP contribution in [0.25, 0.3) is 11.3 Å². The summed E-state index contributed by atoms with van der Waals surface area (Å²) in [5, 5.41) is 6.61. The number of ether oxygens (including phenoxy) is 1. The van der Waals surface area contributed by atoms with Crippen LogP contribution in [0.3, 0.4) is 0 Å². The van der Waals surface area contributed by atoms with Crippen LogP contribution < -0.4 is 15.4 Å². The van der Waals surface area contributed by atoms with E-state index in [9.17, 15) is 9.18 Å². The van der Waals surface area contributed by atoms with Crippen molar-refractivity contribution in [2.45, 2.75) is 18.9 Å². The van der Waals surface area contributed by atoms with Gasteiger partial charge in [0.25, 0.3) is 5.91 Å². The molecule has 29 heavy (non-hydrogen) atoms. The maximum Gasteiger partial charge on any atom is 0.274 e. The number of hydrogen-bond donors (Lipinski definition) is 2. The first-order valence-corrected chi connectivity index (χ1v) is 9.68. The lowest BCUT2D eigenvalue weighted by molar-refractivity contribution is 0.102. The van der Waals surface area contributed by atoms with E-state index in [2.05, 4.69) is 25.0 Å². The average molecular weight is 436 g/mol. The van der Waals surface area contributed by atoms with E-state index in [0.717, 1.165) is 25.9 Å². The summed E-state index contributed by atoms with van der Waals surface area (Å²) < 4.78 is 24.3. The number of amides is 1. The fraction of sp³-hybridized carbons (Fsp3) is 0.263. The average Bonchev–Trinajstić information content (AvgIpc) is 3.16. The van der Waals surface area contributed by atoms with Gasteiger partial charge in [0.15, 0.2) is 0 Å². The molecule has 1 saturated heterocycles. The highest BCUT2D eigenvalue weighted by atomic mass is 35.5. The van der Waals surface area contributed by atoms with Gasteiger partial charge in [-0.15, -0.1) is 12.4 Å². The molecular weight excluding hydrogens is 417 g/mol. The van der Waals surface area contributed by atoms with Crippen molar-refractivity contribution in [3.63, 3.8) is 0 Å². The molecule has 2 N–H and O–H groups in total. The Kier molecular flexibility index (Phi) is 7.08. The van der Waals surface area contributed by atoms with E-state index in [4.69, 9.17) is 4.74 Å². The van der Waals surface area contributed by atoms with Crippen molar-refractivity contribution < 1.29 is 13.9 Å². The second-order valence-corrected chi connectivity index (χ2v) is 7.08. The number of carbonyl (C=O) groups is 1. The summed E-state index contributed by atoms with van der Waals surface area (Å²) in [5.74, 6) is -0.958. The van der Waals surface area contributed by atoms with Crippen LogP contribution in [0.4, 0.5) is 10.1 Å². The Morgan fingerprint density at radius 3 is 2.72 bits per heavy atom. The van der Waals surface area contributed by atoms with E-state index in [-0.39, 0.29) is 29.9 Å². The Morgan fingerprint density at radius 2 is 1.97 bits per heavy atom. The predicted molar refractivity (Wildman–Crippen MR) is 111 cm³/mol. The van der Waals surface area contributed by atoms with Crippen LogP contribution in [0.5, 0.6) is 5.06 Å². The topological polar surface area (TPSA) is 89.0 Å². The number of anilines is 1. The molecule has 1 aliphatic heterocycles. The van der Waals surface area contributed by atoms with Gasteiger partial charge in [-0.2, -0.15) is 4.37 Å². The van der Waals surface area contributed by atoms with Crippen molar-refractivity contribution in [1.29, 1.82) is 0 Å². The predicted octanol–water partition coefficient (Wildman–Crippen LogP) is 3.54. The quantitative estimate of drug-likeness (QED) is 0.637. The van der Waals surface area contributed by atoms with Crippen LogP contribution in [-0.4, -0.2) is 39.4 Å². The monoisotopic (exact) mass is 435 g/mol. The van der Waals surface area contributed by atoms with Gasteiger partial charge in [-0.05, 0) is 50.2 Å². The highest BCUT2D eigenvalue weighted by Crippen LogP contribution is 2.31. The highest BCUT2D eigenvalue weighted by Gasteiger charge is 2.20. The van der Waals surface area contributed by atoms with Crippen molar-refractivity contribution >= 4 is 35.5 Å². The smallest absolute Gasteiger partial charge is 0.274 e. The second kappa shape index (κ2) is 9.73. The molecule has 0 unspecified atom stereocenters. The Hall–Kier alpha value is -2.62. The summed E-state index contributed by atoms with van der Waals surface area (Å²) in [7, 11) is 0. The lowest BCUT2D eigenvalue weighted by atomic mass is 10.1. The van der Waals surface area contributed by atoms with E-state index in [1.54, 1.807) is 30.7 Å². The molecule has 0 saturated carbocycles. The first-order valence-electron chi connectivity index (χ1n) is 8.91. The van der Waals surface area contributed by atoms with Crippen molar-refractivity contribution in [2.75, 3.05) is 18.4 Å². The lowest BCUT2D eigenvalue weighted by Gasteiger charge is -2.23. The summed E-state index contributed by atoms with van der Waals surface area (Å²) in [6.45, 7) is 1.81. The third-order valence-corrected chi connectivity index (χ3v) is 5.07. The van der Waals surface area contributed by atoms with E-state index in [0.29, 0.717) is 16.3 Å². The molecule has 1 aliphatic rings. The molecule has 7 nitrogen and oxygen atoms in total. The van der Waals surface area contributed by atoms with Crippen molar-refractivity contribution in [1.82, 2.24) is 19.7 Å². The number of nitrogens with one attached hydrogen (secondary N) is 2. The van der Waals surface area contributed by atoms with Crippen molar-refractivity contribution in [2.24, 2.45) is 0 Å². The number of carbonyl (C=O) groups excluding carboxylic acids is 1. The normalized spacial score (nSPS) is 14.1. The number of piperidine rings is 1. The minimum atomic E-state index is -0.505. The van der Waals surface area contributed by atoms with Gasteiger partial charge in [-0.1, -0.05) is 0 Å². The Balaban J connectivity index is 0.00000240. The Bertz CT molecular complexity index is 966. The minimum absolute atomic E-state index is 0. The van der Waals surface area contributed by atoms with Gasteiger partial charge in [0.05, 0.1) is 6.20 Å². The molecule has 4 heterocycles. The van der Waals surface area contributed by atoms with Gasteiger partial charge < -0.3 is 15.4 Å². The molecule has 3 aromatic rings. The summed E-state index contributed by atoms with van der Waals surface area (Å²) in [6.07, 6.45) is 6.54. The molecule has 0 spiro atoms. The molecule has 1 fully saturated rings. The van der Waals surface area contributed by atoms with Gasteiger partial charge >= 0.3 is 0 Å². The zero-order valence-electron chi connectivity index (χ0n) is 15.3. The van der Waals surface area contributed by atoms with Gasteiger partial charge in [0.2, 0.25) is 5.06 Å². The number of rotatable bonds is 5. The van der Waals surface area contributed by atoms with Crippen molar-refractivity contribution in [3.8, 4) is 16.3 Å². The van der Waals surface area contributed by atoms with Gasteiger partial charge in [-0.25, -0.2) is 9.37 Å². The van der Waals surface area contributed by atoms with Crippen LogP contribution in [0, 0.1) is 5.82 Å². The van der Waals surface area contributed by atoms with E-state index >= 15 is 0 Å². The molecule has 0 bridgehead atoms. The third-order valence-electron chi connectivity index (χ3n) is 4.38. The molecule has 1 amide bonds. The molecule has 4 rings (SSSR count). The Morgan fingerprint density at radius 1 is 1.21 bits per heavy atom. The van der Waals surface area contributed by atoms with Crippen molar-refractivity contribution in [3.05, 3.63) is 54.4 Å². The second-order valence-electron chi connectivity index (χ2n) is 6.31. The number of pyridine rings is 2. The van der Waals surface area contributed by atoms with Crippen LogP contribution in [0.2, 0.25) is 0 Å². The summed E-state index contributed by atoms with van der Waals surface area (Å²) in [6, 6.07) is 5.86. The summed E-state index contributed by atoms with van der Waals surface area (Å²) >= 11 is 1.19. The largest absolute Gasteiger partial charge is 0.478 e. The summed E-state index contributed by atoms with van der Waals surface area (Å²) in [5.41, 5.74) is 1.25. The van der Waals surface area contributed by atoms with E-state index in [1.165, 1.54) is 23.7 Å². The van der Waals surface area contributed by atoms with Crippen LogP contribution in [0.1, 0.15) is 23.3 Å². The van der Waals surface area contributed by atoms with E-state index < -0.39 is 11.7 Å². The summed E-state index contributed by atoms with van der Waals surface area (Å²) in [4.78, 5) is 20.8. The zero-order valence-corrected chi connectivity index (χ0v) is 16.9. The maximum absolute atomic E-state index is 14.2. The molecule has 0 aliphatic carbocycles. The van der Waals surface area contributed by atoms with Crippen LogP contribution >= 0.6 is 23.9 Å². The minimum Gasteiger partial charge on any atom is -0.478 e. The first-order chi connectivity index (χ1) is 13.7. The number of halogens is 2. The molecule has 152 valence electrons. The number of hydrogen-bond acceptors (Lipinski definition) is 7. The molecule has 0 atom stereocenters. The Labute approximate surface area is 177 Å². The van der Waals surface area contributed by atoms with Gasteiger partial charge in [0.1, 0.15) is 29.0 Å². The fourth-order valence-electron chi connectivity index (χ4n) is 2.93. The fourth-order valence-corrected chi connectivity index (χ4v) is 3.56. The highest BCUT2D eigenvalue weighted by molar-refractivity contribution is 7.08. The molecule has 10 heteroatoms. The van der Waals surface area contributed by atoms with Crippen LogP contribution in [0.15, 0.2) is 42.9 Å². The van der Waals surface area contributed by atoms with Gasteiger partial charge in [0, 0.05) is 29.5 Å². The molecule has 3 aromatic heterocycles. The molecular formula is C19H19ClFN5O2S. The standard InChI is InChI=1S/C19H18FN5O2S.ClH/c20-14-1-2-15(24-17(14)12-3-7-21-8-4-12)18(26)25-16-11-23-28-19(16)27-13-5-9-22-10-6-13;/h1-4,7-8,11,13,22H,5-6,9-10H2,(H,25,26);1H. The molecule has 0 aromatic carbocycles. The van der Waals surface area contributed by atoms with Crippen LogP contribution in [-0.2, 0) is 0 Å². The van der Waals surface area contributed by atoms with Gasteiger partial charge in [-0.3, -0.25) is 9.78 Å². The number of aromatic nitrogens is 3. The van der Waals surface area contributed by atoms with E-state index in [1.807, 2.05) is 0 Å². The SMILES string of the molecule is Cl.O=C(Nc1cnsc1OC1CCNCC1)c1ccc(F)c(-c2ccncc2)n1. The zero-order chi connectivity index (χ0) is 19.3. The lowest BCUT2D eigenvalue weighted by Crippen LogP contribution is -2.34. The molecule has 0 radical (unpaired) electrons. The first kappa shape index (κ1) is 21.1. The number of nitrogens with zero attached hydrogens (tertiary/aromatic N) is 3. The third kappa shape index (κ3) is 5.06.